The molecular formula is C20H26N2O4. The number of benzene rings is 1. The standard InChI is InChI=1S/C20H26N2O4/c1-24-18-6-5-16(12-19(18)25-2)20(23)21-13-15-7-9-22(10-8-15)14-17-4-3-11-26-17/h3-6,11-12,15H,7-10,13-14H2,1-2H3,(H,21,23). The first-order valence-electron chi connectivity index (χ1n) is 8.94. The number of nitrogens with zero attached hydrogens (tertiary/aromatic N) is 1. The van der Waals surface area contributed by atoms with Gasteiger partial charge in [-0.1, -0.05) is 0 Å². The monoisotopic (exact) mass is 358 g/mol. The van der Waals surface area contributed by atoms with Gasteiger partial charge in [-0.25, -0.2) is 0 Å². The normalized spacial score (nSPS) is 15.6. The van der Waals surface area contributed by atoms with Gasteiger partial charge in [0, 0.05) is 12.1 Å². The lowest BCUT2D eigenvalue weighted by Gasteiger charge is -2.31. The van der Waals surface area contributed by atoms with E-state index in [9.17, 15) is 4.79 Å². The molecular weight excluding hydrogens is 332 g/mol. The second kappa shape index (κ2) is 8.76. The molecule has 1 fully saturated rings. The molecule has 6 nitrogen and oxygen atoms in total. The molecule has 2 aromatic rings. The molecule has 1 aromatic carbocycles. The number of likely N-dealkylation sites (tertiary alicyclic amines) is 1. The molecule has 6 heteroatoms. The summed E-state index contributed by atoms with van der Waals surface area (Å²) in [5.74, 6) is 2.61. The van der Waals surface area contributed by atoms with Crippen molar-refractivity contribution >= 4 is 5.91 Å². The van der Waals surface area contributed by atoms with E-state index in [0.717, 1.165) is 38.2 Å². The highest BCUT2D eigenvalue weighted by molar-refractivity contribution is 5.94. The number of ether oxygens (including phenoxy) is 2. The topological polar surface area (TPSA) is 63.9 Å². The van der Waals surface area contributed by atoms with Crippen molar-refractivity contribution in [1.29, 1.82) is 0 Å². The summed E-state index contributed by atoms with van der Waals surface area (Å²) >= 11 is 0. The van der Waals surface area contributed by atoms with Gasteiger partial charge in [-0.2, -0.15) is 0 Å². The largest absolute Gasteiger partial charge is 0.493 e. The number of carbonyl (C=O) groups excluding carboxylic acids is 1. The molecule has 3 rings (SSSR count). The van der Waals surface area contributed by atoms with Crippen LogP contribution in [0.2, 0.25) is 0 Å². The molecule has 0 atom stereocenters. The minimum absolute atomic E-state index is 0.0797. The first-order chi connectivity index (χ1) is 12.7. The number of rotatable bonds is 7. The van der Waals surface area contributed by atoms with Crippen molar-refractivity contribution in [3.63, 3.8) is 0 Å². The summed E-state index contributed by atoms with van der Waals surface area (Å²) in [7, 11) is 3.14. The number of nitrogens with one attached hydrogen (secondary N) is 1. The summed E-state index contributed by atoms with van der Waals surface area (Å²) in [5, 5.41) is 3.05. The third-order valence-electron chi connectivity index (χ3n) is 4.86. The SMILES string of the molecule is COc1ccc(C(=O)NCC2CCN(Cc3ccco3)CC2)cc1OC. The van der Waals surface area contributed by atoms with Gasteiger partial charge in [0.25, 0.3) is 5.91 Å². The molecule has 1 aliphatic heterocycles. The van der Waals surface area contributed by atoms with Crippen LogP contribution in [-0.4, -0.2) is 44.7 Å². The van der Waals surface area contributed by atoms with Gasteiger partial charge in [0.15, 0.2) is 11.5 Å². The Morgan fingerprint density at radius 2 is 1.96 bits per heavy atom. The van der Waals surface area contributed by atoms with E-state index < -0.39 is 0 Å². The van der Waals surface area contributed by atoms with Gasteiger partial charge in [-0.3, -0.25) is 9.69 Å². The Morgan fingerprint density at radius 1 is 1.19 bits per heavy atom. The summed E-state index contributed by atoms with van der Waals surface area (Å²) in [5.41, 5.74) is 0.581. The zero-order chi connectivity index (χ0) is 18.4. The van der Waals surface area contributed by atoms with E-state index >= 15 is 0 Å². The maximum atomic E-state index is 12.4. The molecule has 0 spiro atoms. The lowest BCUT2D eigenvalue weighted by Crippen LogP contribution is -2.38. The second-order valence-corrected chi connectivity index (χ2v) is 6.58. The Balaban J connectivity index is 1.45. The summed E-state index contributed by atoms with van der Waals surface area (Å²) in [6.45, 7) is 3.61. The van der Waals surface area contributed by atoms with Gasteiger partial charge in [0.2, 0.25) is 0 Å². The van der Waals surface area contributed by atoms with Crippen molar-refractivity contribution < 1.29 is 18.7 Å². The van der Waals surface area contributed by atoms with Crippen molar-refractivity contribution in [2.24, 2.45) is 5.92 Å². The van der Waals surface area contributed by atoms with Gasteiger partial charge in [-0.15, -0.1) is 0 Å². The van der Waals surface area contributed by atoms with Crippen molar-refractivity contribution in [2.45, 2.75) is 19.4 Å². The predicted molar refractivity (Wildman–Crippen MR) is 98.6 cm³/mol. The van der Waals surface area contributed by atoms with E-state index in [0.29, 0.717) is 29.5 Å². The van der Waals surface area contributed by atoms with Crippen LogP contribution < -0.4 is 14.8 Å². The van der Waals surface area contributed by atoms with Crippen molar-refractivity contribution in [2.75, 3.05) is 33.9 Å². The average molecular weight is 358 g/mol. The van der Waals surface area contributed by atoms with Crippen LogP contribution in [0.15, 0.2) is 41.0 Å². The minimum atomic E-state index is -0.0797. The molecule has 0 bridgehead atoms. The molecule has 1 N–H and O–H groups in total. The van der Waals surface area contributed by atoms with Gasteiger partial charge >= 0.3 is 0 Å². The highest BCUT2D eigenvalue weighted by Gasteiger charge is 2.21. The Morgan fingerprint density at radius 3 is 2.62 bits per heavy atom. The van der Waals surface area contributed by atoms with Crippen LogP contribution >= 0.6 is 0 Å². The fourth-order valence-electron chi connectivity index (χ4n) is 3.29. The number of furan rings is 1. The highest BCUT2D eigenvalue weighted by Crippen LogP contribution is 2.27. The first kappa shape index (κ1) is 18.3. The number of methoxy groups -OCH3 is 2. The van der Waals surface area contributed by atoms with E-state index in [-0.39, 0.29) is 5.91 Å². The molecule has 0 saturated carbocycles. The van der Waals surface area contributed by atoms with Crippen molar-refractivity contribution in [3.05, 3.63) is 47.9 Å². The van der Waals surface area contributed by atoms with E-state index in [2.05, 4.69) is 10.2 Å². The van der Waals surface area contributed by atoms with Gasteiger partial charge < -0.3 is 19.2 Å². The summed E-state index contributed by atoms with van der Waals surface area (Å²) < 4.78 is 15.9. The molecule has 26 heavy (non-hydrogen) atoms. The van der Waals surface area contributed by atoms with E-state index in [4.69, 9.17) is 13.9 Å². The van der Waals surface area contributed by atoms with Crippen molar-refractivity contribution in [1.82, 2.24) is 10.2 Å². The zero-order valence-electron chi connectivity index (χ0n) is 15.4. The van der Waals surface area contributed by atoms with Crippen LogP contribution in [0, 0.1) is 5.92 Å². The number of piperidine rings is 1. The molecule has 2 heterocycles. The fourth-order valence-corrected chi connectivity index (χ4v) is 3.29. The van der Waals surface area contributed by atoms with Gasteiger partial charge in [0.1, 0.15) is 5.76 Å². The maximum Gasteiger partial charge on any atom is 0.251 e. The number of carbonyl (C=O) groups is 1. The predicted octanol–water partition coefficient (Wildman–Crippen LogP) is 2.94. The lowest BCUT2D eigenvalue weighted by atomic mass is 9.96. The van der Waals surface area contributed by atoms with E-state index in [1.54, 1.807) is 38.7 Å². The van der Waals surface area contributed by atoms with Crippen molar-refractivity contribution in [3.8, 4) is 11.5 Å². The fraction of sp³-hybridized carbons (Fsp3) is 0.450. The summed E-state index contributed by atoms with van der Waals surface area (Å²) in [6.07, 6.45) is 3.87. The number of amides is 1. The van der Waals surface area contributed by atoms with Crippen LogP contribution in [0.5, 0.6) is 11.5 Å². The number of hydrogen-bond acceptors (Lipinski definition) is 5. The smallest absolute Gasteiger partial charge is 0.251 e. The van der Waals surface area contributed by atoms with Gasteiger partial charge in [-0.05, 0) is 62.2 Å². The maximum absolute atomic E-state index is 12.4. The van der Waals surface area contributed by atoms with Gasteiger partial charge in [0.05, 0.1) is 27.0 Å². The highest BCUT2D eigenvalue weighted by atomic mass is 16.5. The molecule has 1 saturated heterocycles. The lowest BCUT2D eigenvalue weighted by molar-refractivity contribution is 0.0933. The molecule has 1 aromatic heterocycles. The Bertz CT molecular complexity index is 707. The molecule has 0 radical (unpaired) electrons. The van der Waals surface area contributed by atoms with Crippen LogP contribution in [0.25, 0.3) is 0 Å². The summed E-state index contributed by atoms with van der Waals surface area (Å²) in [4.78, 5) is 14.8. The average Bonchev–Trinajstić information content (AvgIpc) is 3.19. The Labute approximate surface area is 154 Å². The Hall–Kier alpha value is -2.47. The second-order valence-electron chi connectivity index (χ2n) is 6.58. The van der Waals surface area contributed by atoms with E-state index in [1.165, 1.54) is 0 Å². The molecule has 0 aliphatic carbocycles. The third-order valence-corrected chi connectivity index (χ3v) is 4.86. The van der Waals surface area contributed by atoms with Crippen LogP contribution in [0.4, 0.5) is 0 Å². The summed E-state index contributed by atoms with van der Waals surface area (Å²) in [6, 6.07) is 9.14. The zero-order valence-corrected chi connectivity index (χ0v) is 15.4. The van der Waals surface area contributed by atoms with E-state index in [1.807, 2.05) is 12.1 Å². The van der Waals surface area contributed by atoms with Crippen LogP contribution in [0.3, 0.4) is 0 Å². The third kappa shape index (κ3) is 4.58. The quantitative estimate of drug-likeness (QED) is 0.824. The Kier molecular flexibility index (Phi) is 6.17. The molecule has 140 valence electrons. The number of hydrogen-bond donors (Lipinski definition) is 1. The minimum Gasteiger partial charge on any atom is -0.493 e. The van der Waals surface area contributed by atoms with Crippen LogP contribution in [0.1, 0.15) is 29.0 Å². The van der Waals surface area contributed by atoms with Crippen LogP contribution in [-0.2, 0) is 6.54 Å². The molecule has 0 unspecified atom stereocenters. The molecule has 1 aliphatic rings. The molecule has 1 amide bonds. The first-order valence-corrected chi connectivity index (χ1v) is 8.94.